The average molecular weight is 375 g/mol. The van der Waals surface area contributed by atoms with Crippen molar-refractivity contribution in [2.24, 2.45) is 0 Å². The third kappa shape index (κ3) is 14.4. The Morgan fingerprint density at radius 2 is 1.21 bits per heavy atom. The highest BCUT2D eigenvalue weighted by Gasteiger charge is 2.31. The molecule has 3 nitrogen and oxygen atoms in total. The van der Waals surface area contributed by atoms with Gasteiger partial charge in [-0.1, -0.05) is 58.3 Å². The van der Waals surface area contributed by atoms with Crippen LogP contribution >= 0.6 is 0 Å². The second kappa shape index (κ2) is 12.4. The summed E-state index contributed by atoms with van der Waals surface area (Å²) in [5.41, 5.74) is 0. The fourth-order valence-corrected chi connectivity index (χ4v) is 5.01. The van der Waals surface area contributed by atoms with Gasteiger partial charge < -0.3 is 13.6 Å². The molecule has 0 aromatic heterocycles. The van der Waals surface area contributed by atoms with Crippen molar-refractivity contribution in [3.8, 4) is 0 Å². The van der Waals surface area contributed by atoms with Crippen LogP contribution in [0.15, 0.2) is 0 Å². The van der Waals surface area contributed by atoms with Crippen molar-refractivity contribution in [2.75, 3.05) is 0 Å². The van der Waals surface area contributed by atoms with E-state index in [1.807, 2.05) is 0 Å². The second-order valence-electron chi connectivity index (χ2n) is 8.86. The van der Waals surface area contributed by atoms with Crippen LogP contribution < -0.4 is 0 Å². The summed E-state index contributed by atoms with van der Waals surface area (Å²) in [5, 5.41) is 0. The molecule has 0 spiro atoms. The molecule has 0 fully saturated rings. The Morgan fingerprint density at radius 1 is 0.750 bits per heavy atom. The smallest absolute Gasteiger partial charge is 0.184 e. The number of unbranched alkanes of at least 4 members (excludes halogenated alkanes) is 7. The average Bonchev–Trinajstić information content (AvgIpc) is 2.44. The van der Waals surface area contributed by atoms with E-state index < -0.39 is 22.7 Å². The van der Waals surface area contributed by atoms with Gasteiger partial charge in [-0.15, -0.1) is 0 Å². The van der Waals surface area contributed by atoms with Gasteiger partial charge in [-0.05, 0) is 45.7 Å². The lowest BCUT2D eigenvalue weighted by Gasteiger charge is -2.33. The summed E-state index contributed by atoms with van der Waals surface area (Å²) >= 11 is 0. The normalized spacial score (nSPS) is 15.3. The molecule has 0 aliphatic rings. The van der Waals surface area contributed by atoms with Crippen LogP contribution in [0.4, 0.5) is 0 Å². The molecule has 2 unspecified atom stereocenters. The fraction of sp³-hybridized carbons (Fsp3) is 0.947. The Hall–Kier alpha value is 0.0238. The maximum Gasteiger partial charge on any atom is 0.184 e. The van der Waals surface area contributed by atoms with Gasteiger partial charge in [-0.3, -0.25) is 0 Å². The van der Waals surface area contributed by atoms with Crippen molar-refractivity contribution < 1.29 is 13.6 Å². The Bertz CT molecular complexity index is 322. The van der Waals surface area contributed by atoms with Gasteiger partial charge in [0.15, 0.2) is 16.6 Å². The minimum Gasteiger partial charge on any atom is -0.412 e. The number of carbonyl (C=O) groups is 1. The maximum atomic E-state index is 11.6. The molecular weight excluding hydrogens is 332 g/mol. The zero-order valence-corrected chi connectivity index (χ0v) is 19.3. The standard InChI is InChI=1S/C19H42O3Si2/c1-8-9-10-11-12-13-14-15-16-18(21-23(2,3)4)19(17-20)22-24(5,6)7/h17-19H,8-16H2,1-7H3. The van der Waals surface area contributed by atoms with E-state index in [0.29, 0.717) is 0 Å². The number of hydrogen-bond donors (Lipinski definition) is 0. The predicted octanol–water partition coefficient (Wildman–Crippen LogP) is 6.16. The largest absolute Gasteiger partial charge is 0.412 e. The first kappa shape index (κ1) is 24.0. The van der Waals surface area contributed by atoms with Crippen LogP contribution in [0.5, 0.6) is 0 Å². The molecule has 0 radical (unpaired) electrons. The van der Waals surface area contributed by atoms with E-state index >= 15 is 0 Å². The van der Waals surface area contributed by atoms with Crippen LogP contribution in [-0.4, -0.2) is 35.1 Å². The van der Waals surface area contributed by atoms with Crippen LogP contribution in [0, 0.1) is 0 Å². The summed E-state index contributed by atoms with van der Waals surface area (Å²) in [6.07, 6.45) is 11.8. The number of aldehydes is 1. The van der Waals surface area contributed by atoms with E-state index in [1.165, 1.54) is 44.9 Å². The van der Waals surface area contributed by atoms with Gasteiger partial charge in [0.25, 0.3) is 0 Å². The van der Waals surface area contributed by atoms with Crippen LogP contribution in [0.1, 0.15) is 64.7 Å². The van der Waals surface area contributed by atoms with Crippen LogP contribution in [0.3, 0.4) is 0 Å². The first-order valence-electron chi connectivity index (χ1n) is 9.90. The zero-order valence-electron chi connectivity index (χ0n) is 17.3. The van der Waals surface area contributed by atoms with Gasteiger partial charge in [0.1, 0.15) is 12.4 Å². The quantitative estimate of drug-likeness (QED) is 0.196. The summed E-state index contributed by atoms with van der Waals surface area (Å²) in [4.78, 5) is 11.6. The van der Waals surface area contributed by atoms with Gasteiger partial charge >= 0.3 is 0 Å². The van der Waals surface area contributed by atoms with E-state index in [4.69, 9.17) is 8.85 Å². The van der Waals surface area contributed by atoms with Crippen molar-refractivity contribution in [1.29, 1.82) is 0 Å². The first-order chi connectivity index (χ1) is 11.1. The van der Waals surface area contributed by atoms with Crippen molar-refractivity contribution >= 4 is 22.9 Å². The van der Waals surface area contributed by atoms with Crippen molar-refractivity contribution in [3.05, 3.63) is 0 Å². The van der Waals surface area contributed by atoms with Crippen LogP contribution in [-0.2, 0) is 13.6 Å². The Kier molecular flexibility index (Phi) is 12.4. The molecule has 0 amide bonds. The maximum absolute atomic E-state index is 11.6. The van der Waals surface area contributed by atoms with Crippen molar-refractivity contribution in [3.63, 3.8) is 0 Å². The molecule has 5 heteroatoms. The molecule has 144 valence electrons. The predicted molar refractivity (Wildman–Crippen MR) is 110 cm³/mol. The molecule has 0 aromatic carbocycles. The minimum absolute atomic E-state index is 0.0685. The monoisotopic (exact) mass is 374 g/mol. The molecule has 0 aromatic rings. The topological polar surface area (TPSA) is 35.5 Å². The lowest BCUT2D eigenvalue weighted by Crippen LogP contribution is -2.45. The third-order valence-electron chi connectivity index (χ3n) is 3.84. The number of rotatable bonds is 15. The molecule has 0 aliphatic heterocycles. The zero-order chi connectivity index (χ0) is 18.6. The molecule has 0 saturated heterocycles. The highest BCUT2D eigenvalue weighted by Crippen LogP contribution is 2.21. The molecule has 2 atom stereocenters. The SMILES string of the molecule is CCCCCCCCCCC(O[Si](C)(C)C)C(C=O)O[Si](C)(C)C. The lowest BCUT2D eigenvalue weighted by molar-refractivity contribution is -0.118. The Balaban J connectivity index is 4.33. The molecule has 0 heterocycles. The summed E-state index contributed by atoms with van der Waals surface area (Å²) in [6.45, 7) is 15.2. The fourth-order valence-electron chi connectivity index (χ4n) is 2.82. The molecule has 0 rings (SSSR count). The van der Waals surface area contributed by atoms with Crippen molar-refractivity contribution in [1.82, 2.24) is 0 Å². The Morgan fingerprint density at radius 3 is 1.62 bits per heavy atom. The van der Waals surface area contributed by atoms with Gasteiger partial charge in [-0.2, -0.15) is 0 Å². The summed E-state index contributed by atoms with van der Waals surface area (Å²) in [6, 6.07) is 0. The van der Waals surface area contributed by atoms with E-state index in [1.54, 1.807) is 0 Å². The number of hydrogen-bond acceptors (Lipinski definition) is 3. The molecule has 0 bridgehead atoms. The first-order valence-corrected chi connectivity index (χ1v) is 16.7. The summed E-state index contributed by atoms with van der Waals surface area (Å²) in [7, 11) is -3.44. The molecule has 0 N–H and O–H groups in total. The molecular formula is C19H42O3Si2. The van der Waals surface area contributed by atoms with E-state index in [9.17, 15) is 4.79 Å². The van der Waals surface area contributed by atoms with E-state index in [2.05, 4.69) is 46.2 Å². The van der Waals surface area contributed by atoms with Crippen LogP contribution in [0.2, 0.25) is 39.3 Å². The van der Waals surface area contributed by atoms with E-state index in [0.717, 1.165) is 19.1 Å². The minimum atomic E-state index is -1.75. The van der Waals surface area contributed by atoms with Gasteiger partial charge in [0.2, 0.25) is 0 Å². The Labute approximate surface area is 153 Å². The van der Waals surface area contributed by atoms with E-state index in [-0.39, 0.29) is 6.10 Å². The summed E-state index contributed by atoms with van der Waals surface area (Å²) < 4.78 is 12.4. The van der Waals surface area contributed by atoms with Crippen molar-refractivity contribution in [2.45, 2.75) is 116 Å². The highest BCUT2D eigenvalue weighted by atomic mass is 28.4. The molecule has 24 heavy (non-hydrogen) atoms. The lowest BCUT2D eigenvalue weighted by atomic mass is 10.0. The van der Waals surface area contributed by atoms with Gasteiger partial charge in [-0.25, -0.2) is 0 Å². The summed E-state index contributed by atoms with van der Waals surface area (Å²) in [5.74, 6) is 0. The second-order valence-corrected chi connectivity index (χ2v) is 17.8. The van der Waals surface area contributed by atoms with Gasteiger partial charge in [0, 0.05) is 0 Å². The van der Waals surface area contributed by atoms with Crippen LogP contribution in [0.25, 0.3) is 0 Å². The van der Waals surface area contributed by atoms with Gasteiger partial charge in [0.05, 0.1) is 6.10 Å². The molecule has 0 saturated carbocycles. The molecule has 0 aliphatic carbocycles. The third-order valence-corrected chi connectivity index (χ3v) is 5.83. The highest BCUT2D eigenvalue weighted by molar-refractivity contribution is 6.70. The number of carbonyl (C=O) groups excluding carboxylic acids is 1.